The zero-order chi connectivity index (χ0) is 20.8. The third-order valence-corrected chi connectivity index (χ3v) is 5.75. The monoisotopic (exact) mass is 400 g/mol. The van der Waals surface area contributed by atoms with Gasteiger partial charge in [-0.15, -0.1) is 0 Å². The number of aryl methyl sites for hydroxylation is 2. The lowest BCUT2D eigenvalue weighted by Gasteiger charge is -2.21. The number of amides is 1. The highest BCUT2D eigenvalue weighted by Gasteiger charge is 2.27. The molecule has 0 bridgehead atoms. The largest absolute Gasteiger partial charge is 0.354 e. The minimum Gasteiger partial charge on any atom is -0.354 e. The van der Waals surface area contributed by atoms with Crippen LogP contribution in [-0.2, 0) is 24.3 Å². The van der Waals surface area contributed by atoms with E-state index in [-0.39, 0.29) is 17.5 Å². The Labute approximate surface area is 174 Å². The van der Waals surface area contributed by atoms with Gasteiger partial charge in [-0.2, -0.15) is 0 Å². The summed E-state index contributed by atoms with van der Waals surface area (Å²) in [7, 11) is 0. The topological polar surface area (TPSA) is 68.9 Å². The summed E-state index contributed by atoms with van der Waals surface area (Å²) in [6, 6.07) is 15.9. The fourth-order valence-electron chi connectivity index (χ4n) is 4.50. The molecule has 0 fully saturated rings. The van der Waals surface area contributed by atoms with Crippen LogP contribution < -0.4 is 10.9 Å². The SMILES string of the molecule is CC(C)NC(=O)CCn1c2c(c3ccccc31)CCn1c-2nc2ccccc2c1=O. The van der Waals surface area contributed by atoms with Crippen LogP contribution in [0.25, 0.3) is 33.3 Å². The first-order valence-electron chi connectivity index (χ1n) is 10.4. The number of para-hydroxylation sites is 2. The number of benzene rings is 2. The molecule has 4 aromatic rings. The van der Waals surface area contributed by atoms with Crippen molar-refractivity contribution in [1.82, 2.24) is 19.4 Å². The maximum atomic E-state index is 13.1. The summed E-state index contributed by atoms with van der Waals surface area (Å²) in [5.74, 6) is 0.719. The Bertz CT molecular complexity index is 1350. The van der Waals surface area contributed by atoms with Crippen LogP contribution in [0.1, 0.15) is 25.8 Å². The third-order valence-electron chi connectivity index (χ3n) is 5.75. The van der Waals surface area contributed by atoms with Crippen molar-refractivity contribution in [2.24, 2.45) is 0 Å². The van der Waals surface area contributed by atoms with E-state index in [2.05, 4.69) is 22.0 Å². The number of nitrogens with one attached hydrogen (secondary N) is 1. The van der Waals surface area contributed by atoms with Crippen LogP contribution in [-0.4, -0.2) is 26.1 Å². The van der Waals surface area contributed by atoms with Crippen LogP contribution in [0.15, 0.2) is 53.3 Å². The molecule has 152 valence electrons. The lowest BCUT2D eigenvalue weighted by atomic mass is 10.0. The predicted molar refractivity (Wildman–Crippen MR) is 119 cm³/mol. The molecular formula is C24H24N4O2. The molecule has 2 aromatic heterocycles. The van der Waals surface area contributed by atoms with Gasteiger partial charge in [0.25, 0.3) is 5.56 Å². The Hall–Kier alpha value is -3.41. The van der Waals surface area contributed by atoms with Crippen molar-refractivity contribution in [3.63, 3.8) is 0 Å². The van der Waals surface area contributed by atoms with Gasteiger partial charge in [0.05, 0.1) is 16.6 Å². The van der Waals surface area contributed by atoms with E-state index in [0.29, 0.717) is 36.2 Å². The van der Waals surface area contributed by atoms with Gasteiger partial charge in [0, 0.05) is 36.5 Å². The quantitative estimate of drug-likeness (QED) is 0.570. The van der Waals surface area contributed by atoms with Gasteiger partial charge in [-0.1, -0.05) is 30.3 Å². The molecule has 6 heteroatoms. The third kappa shape index (κ3) is 2.91. The van der Waals surface area contributed by atoms with Crippen LogP contribution in [0.5, 0.6) is 0 Å². The van der Waals surface area contributed by atoms with Crippen molar-refractivity contribution in [3.8, 4) is 11.5 Å². The zero-order valence-corrected chi connectivity index (χ0v) is 17.2. The highest BCUT2D eigenvalue weighted by Crippen LogP contribution is 2.36. The normalized spacial score (nSPS) is 12.9. The summed E-state index contributed by atoms with van der Waals surface area (Å²) in [6.45, 7) is 5.07. The zero-order valence-electron chi connectivity index (χ0n) is 17.2. The fraction of sp³-hybridized carbons (Fsp3) is 0.292. The van der Waals surface area contributed by atoms with E-state index in [1.807, 2.05) is 50.2 Å². The molecule has 0 unspecified atom stereocenters. The lowest BCUT2D eigenvalue weighted by Crippen LogP contribution is -2.31. The molecular weight excluding hydrogens is 376 g/mol. The molecule has 30 heavy (non-hydrogen) atoms. The van der Waals surface area contributed by atoms with Crippen molar-refractivity contribution in [2.45, 2.75) is 45.8 Å². The molecule has 0 saturated heterocycles. The fourth-order valence-corrected chi connectivity index (χ4v) is 4.50. The molecule has 0 aliphatic carbocycles. The molecule has 2 aromatic carbocycles. The number of hydrogen-bond donors (Lipinski definition) is 1. The number of fused-ring (bicyclic) bond motifs is 6. The standard InChI is InChI=1S/C24H24N4O2/c1-15(2)25-21(29)12-14-27-20-10-6-4-7-16(20)17-11-13-28-23(22(17)27)26-19-9-5-3-8-18(19)24(28)30/h3-10,15H,11-14H2,1-2H3,(H,25,29). The maximum Gasteiger partial charge on any atom is 0.261 e. The molecule has 1 N–H and O–H groups in total. The second-order valence-electron chi connectivity index (χ2n) is 8.13. The second-order valence-corrected chi connectivity index (χ2v) is 8.13. The van der Waals surface area contributed by atoms with Gasteiger partial charge >= 0.3 is 0 Å². The van der Waals surface area contributed by atoms with E-state index in [4.69, 9.17) is 4.98 Å². The maximum absolute atomic E-state index is 13.1. The van der Waals surface area contributed by atoms with Crippen LogP contribution in [0.2, 0.25) is 0 Å². The smallest absolute Gasteiger partial charge is 0.261 e. The average Bonchev–Trinajstić information content (AvgIpc) is 3.06. The average molecular weight is 400 g/mol. The lowest BCUT2D eigenvalue weighted by molar-refractivity contribution is -0.121. The molecule has 0 spiro atoms. The summed E-state index contributed by atoms with van der Waals surface area (Å²) in [5, 5.41) is 4.78. The van der Waals surface area contributed by atoms with Crippen LogP contribution in [0.3, 0.4) is 0 Å². The van der Waals surface area contributed by atoms with Crippen molar-refractivity contribution in [3.05, 3.63) is 64.4 Å². The van der Waals surface area contributed by atoms with Crippen molar-refractivity contribution < 1.29 is 4.79 Å². The summed E-state index contributed by atoms with van der Waals surface area (Å²) >= 11 is 0. The van der Waals surface area contributed by atoms with Gasteiger partial charge in [-0.3, -0.25) is 14.2 Å². The van der Waals surface area contributed by atoms with Gasteiger partial charge in [0.2, 0.25) is 5.91 Å². The predicted octanol–water partition coefficient (Wildman–Crippen LogP) is 3.49. The van der Waals surface area contributed by atoms with Gasteiger partial charge in [-0.25, -0.2) is 4.98 Å². The van der Waals surface area contributed by atoms with Gasteiger partial charge < -0.3 is 9.88 Å². The molecule has 1 amide bonds. The van der Waals surface area contributed by atoms with Crippen LogP contribution in [0, 0.1) is 0 Å². The van der Waals surface area contributed by atoms with E-state index in [9.17, 15) is 9.59 Å². The molecule has 0 radical (unpaired) electrons. The van der Waals surface area contributed by atoms with Gasteiger partial charge in [0.1, 0.15) is 0 Å². The minimum absolute atomic E-state index is 0.00407. The van der Waals surface area contributed by atoms with E-state index in [0.717, 1.165) is 17.6 Å². The van der Waals surface area contributed by atoms with Crippen molar-refractivity contribution in [2.75, 3.05) is 0 Å². The highest BCUT2D eigenvalue weighted by atomic mass is 16.1. The minimum atomic E-state index is -0.00407. The van der Waals surface area contributed by atoms with Gasteiger partial charge in [-0.05, 0) is 44.0 Å². The van der Waals surface area contributed by atoms with Crippen LogP contribution >= 0.6 is 0 Å². The molecule has 0 saturated carbocycles. The number of aromatic nitrogens is 3. The molecule has 3 heterocycles. The number of carbonyl (C=O) groups is 1. The van der Waals surface area contributed by atoms with E-state index in [1.165, 1.54) is 10.9 Å². The first-order chi connectivity index (χ1) is 14.5. The summed E-state index contributed by atoms with van der Waals surface area (Å²) in [6.07, 6.45) is 1.15. The number of nitrogens with zero attached hydrogens (tertiary/aromatic N) is 3. The molecule has 0 atom stereocenters. The first kappa shape index (κ1) is 18.6. The number of rotatable bonds is 4. The van der Waals surface area contributed by atoms with E-state index in [1.54, 1.807) is 4.57 Å². The van der Waals surface area contributed by atoms with Gasteiger partial charge in [0.15, 0.2) is 5.82 Å². The Morgan fingerprint density at radius 2 is 1.83 bits per heavy atom. The Kier molecular flexibility index (Phi) is 4.42. The summed E-state index contributed by atoms with van der Waals surface area (Å²) in [4.78, 5) is 30.4. The van der Waals surface area contributed by atoms with Crippen LogP contribution in [0.4, 0.5) is 0 Å². The Morgan fingerprint density at radius 3 is 2.63 bits per heavy atom. The second kappa shape index (κ2) is 7.13. The number of hydrogen-bond acceptors (Lipinski definition) is 3. The summed E-state index contributed by atoms with van der Waals surface area (Å²) in [5.41, 5.74) is 3.95. The van der Waals surface area contributed by atoms with E-state index < -0.39 is 0 Å². The Balaban J connectivity index is 1.71. The van der Waals surface area contributed by atoms with Crippen molar-refractivity contribution >= 4 is 27.7 Å². The molecule has 1 aliphatic heterocycles. The highest BCUT2D eigenvalue weighted by molar-refractivity contribution is 5.92. The van der Waals surface area contributed by atoms with E-state index >= 15 is 0 Å². The molecule has 5 rings (SSSR count). The molecule has 6 nitrogen and oxygen atoms in total. The first-order valence-corrected chi connectivity index (χ1v) is 10.4. The molecule has 1 aliphatic rings. The summed E-state index contributed by atoms with van der Waals surface area (Å²) < 4.78 is 3.95. The number of carbonyl (C=O) groups excluding carboxylic acids is 1. The Morgan fingerprint density at radius 1 is 1.10 bits per heavy atom. The van der Waals surface area contributed by atoms with Crippen molar-refractivity contribution in [1.29, 1.82) is 0 Å².